The Hall–Kier alpha value is -2.57. The molecule has 138 valence electrons. The number of aryl methyl sites for hydroxylation is 1. The average Bonchev–Trinajstić information content (AvgIpc) is 3.09. The number of pyridine rings is 1. The first-order valence-electron chi connectivity index (χ1n) is 8.43. The fraction of sp³-hybridized carbons (Fsp3) is 0.368. The lowest BCUT2D eigenvalue weighted by Gasteiger charge is -2.17. The van der Waals surface area contributed by atoms with E-state index in [-0.39, 0.29) is 17.9 Å². The van der Waals surface area contributed by atoms with Crippen LogP contribution in [0, 0.1) is 0 Å². The van der Waals surface area contributed by atoms with Gasteiger partial charge in [0.05, 0.1) is 12.1 Å². The summed E-state index contributed by atoms with van der Waals surface area (Å²) in [6.45, 7) is 0.906. The van der Waals surface area contributed by atoms with Crippen molar-refractivity contribution in [2.75, 3.05) is 13.1 Å². The SMILES string of the molecule is O=C(CCc1ccccc1)N1CCC(Oc2cc(C(F)(F)F)ccn2)C1. The minimum atomic E-state index is -4.43. The lowest BCUT2D eigenvalue weighted by molar-refractivity contribution is -0.137. The number of aromatic nitrogens is 1. The zero-order valence-corrected chi connectivity index (χ0v) is 14.1. The van der Waals surface area contributed by atoms with E-state index in [0.717, 1.165) is 23.9 Å². The molecule has 26 heavy (non-hydrogen) atoms. The fourth-order valence-electron chi connectivity index (χ4n) is 2.93. The van der Waals surface area contributed by atoms with Crippen LogP contribution in [0.15, 0.2) is 48.7 Å². The van der Waals surface area contributed by atoms with Crippen molar-refractivity contribution >= 4 is 5.91 Å². The van der Waals surface area contributed by atoms with Crippen LogP contribution in [0.3, 0.4) is 0 Å². The van der Waals surface area contributed by atoms with E-state index in [2.05, 4.69) is 4.98 Å². The summed E-state index contributed by atoms with van der Waals surface area (Å²) in [5.74, 6) is -0.0413. The summed E-state index contributed by atoms with van der Waals surface area (Å²) in [6, 6.07) is 11.5. The van der Waals surface area contributed by atoms with Crippen LogP contribution in [0.5, 0.6) is 5.88 Å². The first-order chi connectivity index (χ1) is 12.4. The van der Waals surface area contributed by atoms with Gasteiger partial charge < -0.3 is 9.64 Å². The van der Waals surface area contributed by atoms with Gasteiger partial charge in [0.1, 0.15) is 6.10 Å². The maximum Gasteiger partial charge on any atom is 0.416 e. The first kappa shape index (κ1) is 18.2. The number of amides is 1. The molecule has 0 radical (unpaired) electrons. The van der Waals surface area contributed by atoms with Crippen molar-refractivity contribution in [3.63, 3.8) is 0 Å². The van der Waals surface area contributed by atoms with Crippen molar-refractivity contribution in [1.29, 1.82) is 0 Å². The first-order valence-corrected chi connectivity index (χ1v) is 8.43. The molecule has 4 nitrogen and oxygen atoms in total. The average molecular weight is 364 g/mol. The predicted octanol–water partition coefficient (Wildman–Crippen LogP) is 3.71. The third-order valence-electron chi connectivity index (χ3n) is 4.32. The summed E-state index contributed by atoms with van der Waals surface area (Å²) in [6.07, 6.45) is -2.05. The predicted molar refractivity (Wildman–Crippen MR) is 89.6 cm³/mol. The summed E-state index contributed by atoms with van der Waals surface area (Å²) < 4.78 is 43.8. The number of benzene rings is 1. The van der Waals surface area contributed by atoms with Gasteiger partial charge in [0.15, 0.2) is 0 Å². The van der Waals surface area contributed by atoms with Gasteiger partial charge in [0.25, 0.3) is 0 Å². The Bertz CT molecular complexity index is 750. The van der Waals surface area contributed by atoms with Gasteiger partial charge in [-0.1, -0.05) is 30.3 Å². The Kier molecular flexibility index (Phi) is 5.44. The molecule has 0 bridgehead atoms. The minimum absolute atomic E-state index is 0.0250. The second-order valence-corrected chi connectivity index (χ2v) is 6.23. The van der Waals surface area contributed by atoms with E-state index >= 15 is 0 Å². The lowest BCUT2D eigenvalue weighted by Crippen LogP contribution is -2.31. The molecule has 1 aliphatic heterocycles. The highest BCUT2D eigenvalue weighted by atomic mass is 19.4. The Labute approximate surface area is 149 Å². The second kappa shape index (κ2) is 7.76. The number of nitrogens with zero attached hydrogens (tertiary/aromatic N) is 2. The summed E-state index contributed by atoms with van der Waals surface area (Å²) in [5.41, 5.74) is 0.303. The molecule has 2 heterocycles. The van der Waals surface area contributed by atoms with Crippen LogP contribution < -0.4 is 4.74 Å². The van der Waals surface area contributed by atoms with Gasteiger partial charge >= 0.3 is 6.18 Å². The van der Waals surface area contributed by atoms with Crippen LogP contribution in [0.4, 0.5) is 13.2 Å². The number of likely N-dealkylation sites (tertiary alicyclic amines) is 1. The second-order valence-electron chi connectivity index (χ2n) is 6.23. The molecular weight excluding hydrogens is 345 g/mol. The van der Waals surface area contributed by atoms with Gasteiger partial charge in [-0.15, -0.1) is 0 Å². The van der Waals surface area contributed by atoms with Crippen molar-refractivity contribution in [2.45, 2.75) is 31.5 Å². The maximum atomic E-state index is 12.7. The van der Waals surface area contributed by atoms with E-state index in [1.807, 2.05) is 30.3 Å². The van der Waals surface area contributed by atoms with Crippen LogP contribution in [0.2, 0.25) is 0 Å². The van der Waals surface area contributed by atoms with E-state index in [0.29, 0.717) is 32.4 Å². The molecule has 0 aliphatic carbocycles. The van der Waals surface area contributed by atoms with Crippen LogP contribution in [-0.2, 0) is 17.4 Å². The monoisotopic (exact) mass is 364 g/mol. The topological polar surface area (TPSA) is 42.4 Å². The molecule has 1 aromatic heterocycles. The van der Waals surface area contributed by atoms with Crippen molar-refractivity contribution in [2.24, 2.45) is 0 Å². The molecule has 1 fully saturated rings. The van der Waals surface area contributed by atoms with Gasteiger partial charge in [-0.3, -0.25) is 4.79 Å². The zero-order valence-electron chi connectivity index (χ0n) is 14.1. The molecule has 1 aliphatic rings. The molecule has 1 aromatic carbocycles. The number of hydrogen-bond acceptors (Lipinski definition) is 3. The Morgan fingerprint density at radius 1 is 1.23 bits per heavy atom. The molecule has 0 spiro atoms. The maximum absolute atomic E-state index is 12.7. The van der Waals surface area contributed by atoms with Gasteiger partial charge in [-0.2, -0.15) is 13.2 Å². The summed E-state index contributed by atoms with van der Waals surface area (Å²) in [5, 5.41) is 0. The number of ether oxygens (including phenoxy) is 1. The molecule has 1 atom stereocenters. The summed E-state index contributed by atoms with van der Waals surface area (Å²) in [7, 11) is 0. The third-order valence-corrected chi connectivity index (χ3v) is 4.32. The van der Waals surface area contributed by atoms with Gasteiger partial charge in [-0.25, -0.2) is 4.98 Å². The quantitative estimate of drug-likeness (QED) is 0.812. The number of rotatable bonds is 5. The minimum Gasteiger partial charge on any atom is -0.472 e. The Morgan fingerprint density at radius 2 is 2.00 bits per heavy atom. The van der Waals surface area contributed by atoms with Crippen LogP contribution in [0.25, 0.3) is 0 Å². The zero-order chi connectivity index (χ0) is 18.6. The van der Waals surface area contributed by atoms with E-state index in [4.69, 9.17) is 4.74 Å². The number of alkyl halides is 3. The molecule has 0 N–H and O–H groups in total. The highest BCUT2D eigenvalue weighted by Gasteiger charge is 2.32. The smallest absolute Gasteiger partial charge is 0.416 e. The number of hydrogen-bond donors (Lipinski definition) is 0. The van der Waals surface area contributed by atoms with Crippen molar-refractivity contribution in [1.82, 2.24) is 9.88 Å². The summed E-state index contributed by atoms with van der Waals surface area (Å²) in [4.78, 5) is 17.8. The molecule has 7 heteroatoms. The highest BCUT2D eigenvalue weighted by molar-refractivity contribution is 5.76. The molecule has 1 amide bonds. The Balaban J connectivity index is 1.51. The Morgan fingerprint density at radius 3 is 2.73 bits per heavy atom. The normalized spacial score (nSPS) is 17.3. The fourth-order valence-corrected chi connectivity index (χ4v) is 2.93. The molecule has 3 rings (SSSR count). The van der Waals surface area contributed by atoms with E-state index in [1.54, 1.807) is 4.90 Å². The van der Waals surface area contributed by atoms with Crippen LogP contribution >= 0.6 is 0 Å². The van der Waals surface area contributed by atoms with Gasteiger partial charge in [0, 0.05) is 31.6 Å². The van der Waals surface area contributed by atoms with Gasteiger partial charge in [0.2, 0.25) is 11.8 Å². The van der Waals surface area contributed by atoms with Gasteiger partial charge in [-0.05, 0) is 18.1 Å². The molecular formula is C19H19F3N2O2. The van der Waals surface area contributed by atoms with E-state index in [9.17, 15) is 18.0 Å². The number of carbonyl (C=O) groups excluding carboxylic acids is 1. The molecule has 0 saturated carbocycles. The highest BCUT2D eigenvalue weighted by Crippen LogP contribution is 2.31. The number of carbonyl (C=O) groups is 1. The van der Waals surface area contributed by atoms with E-state index < -0.39 is 11.7 Å². The van der Waals surface area contributed by atoms with Crippen molar-refractivity contribution < 1.29 is 22.7 Å². The largest absolute Gasteiger partial charge is 0.472 e. The molecule has 1 unspecified atom stereocenters. The number of halogens is 3. The van der Waals surface area contributed by atoms with Crippen molar-refractivity contribution in [3.8, 4) is 5.88 Å². The standard InChI is InChI=1S/C19H19F3N2O2/c20-19(21,22)15-8-10-23-17(12-15)26-16-9-11-24(13-16)18(25)7-6-14-4-2-1-3-5-14/h1-5,8,10,12,16H,6-7,9,11,13H2. The van der Waals surface area contributed by atoms with Crippen LogP contribution in [0.1, 0.15) is 24.0 Å². The molecule has 1 saturated heterocycles. The van der Waals surface area contributed by atoms with Crippen LogP contribution in [-0.4, -0.2) is 35.0 Å². The van der Waals surface area contributed by atoms with E-state index in [1.165, 1.54) is 0 Å². The summed E-state index contributed by atoms with van der Waals surface area (Å²) >= 11 is 0. The molecule has 2 aromatic rings. The third kappa shape index (κ3) is 4.74. The van der Waals surface area contributed by atoms with Crippen molar-refractivity contribution in [3.05, 3.63) is 59.8 Å². The lowest BCUT2D eigenvalue weighted by atomic mass is 10.1.